The summed E-state index contributed by atoms with van der Waals surface area (Å²) in [7, 11) is 0. The van der Waals surface area contributed by atoms with E-state index in [9.17, 15) is 4.79 Å². The zero-order chi connectivity index (χ0) is 11.8. The molecule has 1 aromatic carbocycles. The summed E-state index contributed by atoms with van der Waals surface area (Å²) in [5, 5.41) is 4.35. The fourth-order valence-electron chi connectivity index (χ4n) is 2.07. The van der Waals surface area contributed by atoms with Crippen molar-refractivity contribution in [3.63, 3.8) is 0 Å². The Morgan fingerprint density at radius 3 is 2.88 bits per heavy atom. The lowest BCUT2D eigenvalue weighted by Crippen LogP contribution is -2.02. The molecular formula is C14H14N2O. The molecule has 0 atom stereocenters. The van der Waals surface area contributed by atoms with Gasteiger partial charge >= 0.3 is 0 Å². The van der Waals surface area contributed by atoms with Crippen molar-refractivity contribution in [3.8, 4) is 5.69 Å². The van der Waals surface area contributed by atoms with Crippen molar-refractivity contribution in [2.24, 2.45) is 0 Å². The Labute approximate surface area is 100 Å². The van der Waals surface area contributed by atoms with Crippen molar-refractivity contribution in [1.29, 1.82) is 0 Å². The summed E-state index contributed by atoms with van der Waals surface area (Å²) >= 11 is 0. The molecule has 0 radical (unpaired) electrons. The lowest BCUT2D eigenvalue weighted by Gasteiger charge is -2.07. The van der Waals surface area contributed by atoms with Crippen LogP contribution in [0.3, 0.4) is 0 Å². The number of rotatable bonds is 3. The Bertz CT molecular complexity index is 567. The second-order valence-corrected chi connectivity index (χ2v) is 4.55. The van der Waals surface area contributed by atoms with Gasteiger partial charge in [-0.3, -0.25) is 4.79 Å². The molecule has 1 aliphatic rings. The van der Waals surface area contributed by atoms with E-state index in [1.807, 2.05) is 35.1 Å². The van der Waals surface area contributed by atoms with Gasteiger partial charge in [-0.2, -0.15) is 5.10 Å². The van der Waals surface area contributed by atoms with Crippen LogP contribution < -0.4 is 0 Å². The monoisotopic (exact) mass is 226 g/mol. The number of benzene rings is 1. The normalized spacial score (nSPS) is 14.9. The molecule has 17 heavy (non-hydrogen) atoms. The molecule has 3 rings (SSSR count). The molecule has 0 N–H and O–H groups in total. The summed E-state index contributed by atoms with van der Waals surface area (Å²) in [4.78, 5) is 11.4. The second kappa shape index (κ2) is 3.84. The van der Waals surface area contributed by atoms with Crippen LogP contribution in [0.15, 0.2) is 36.5 Å². The van der Waals surface area contributed by atoms with Crippen molar-refractivity contribution in [1.82, 2.24) is 9.78 Å². The fraction of sp³-hybridized carbons (Fsp3) is 0.286. The first kappa shape index (κ1) is 10.3. The standard InChI is InChI=1S/C14H14N2O/c1-10(17)12-3-2-4-13(9-12)16-14(7-8-15-16)11-5-6-11/h2-4,7-9,11H,5-6H2,1H3. The topological polar surface area (TPSA) is 34.9 Å². The van der Waals surface area contributed by atoms with Gasteiger partial charge in [-0.15, -0.1) is 0 Å². The van der Waals surface area contributed by atoms with Gasteiger partial charge in [-0.25, -0.2) is 4.68 Å². The lowest BCUT2D eigenvalue weighted by atomic mass is 10.1. The van der Waals surface area contributed by atoms with Crippen molar-refractivity contribution < 1.29 is 4.79 Å². The van der Waals surface area contributed by atoms with Crippen LogP contribution in [0.5, 0.6) is 0 Å². The Morgan fingerprint density at radius 2 is 2.18 bits per heavy atom. The summed E-state index contributed by atoms with van der Waals surface area (Å²) in [5.41, 5.74) is 2.97. The van der Waals surface area contributed by atoms with E-state index < -0.39 is 0 Å². The summed E-state index contributed by atoms with van der Waals surface area (Å²) < 4.78 is 1.95. The summed E-state index contributed by atoms with van der Waals surface area (Å²) in [6.45, 7) is 1.59. The zero-order valence-corrected chi connectivity index (χ0v) is 9.76. The fourth-order valence-corrected chi connectivity index (χ4v) is 2.07. The van der Waals surface area contributed by atoms with E-state index in [1.165, 1.54) is 18.5 Å². The van der Waals surface area contributed by atoms with Crippen LogP contribution in [0.25, 0.3) is 5.69 Å². The molecule has 1 heterocycles. The van der Waals surface area contributed by atoms with Crippen LogP contribution in [0.1, 0.15) is 41.7 Å². The smallest absolute Gasteiger partial charge is 0.159 e. The highest BCUT2D eigenvalue weighted by atomic mass is 16.1. The average molecular weight is 226 g/mol. The van der Waals surface area contributed by atoms with Crippen molar-refractivity contribution in [3.05, 3.63) is 47.8 Å². The molecule has 1 saturated carbocycles. The van der Waals surface area contributed by atoms with E-state index in [0.29, 0.717) is 5.92 Å². The van der Waals surface area contributed by atoms with Crippen molar-refractivity contribution in [2.45, 2.75) is 25.7 Å². The van der Waals surface area contributed by atoms with Gasteiger partial charge in [0, 0.05) is 23.4 Å². The van der Waals surface area contributed by atoms with Crippen molar-refractivity contribution in [2.75, 3.05) is 0 Å². The molecule has 1 fully saturated rings. The number of Topliss-reactive ketones (excluding diaryl/α,β-unsaturated/α-hetero) is 1. The van der Waals surface area contributed by atoms with Gasteiger partial charge in [0.05, 0.1) is 5.69 Å². The molecule has 0 spiro atoms. The SMILES string of the molecule is CC(=O)c1cccc(-n2nccc2C2CC2)c1. The molecule has 2 aromatic rings. The van der Waals surface area contributed by atoms with E-state index in [0.717, 1.165) is 11.3 Å². The number of hydrogen-bond acceptors (Lipinski definition) is 2. The third-order valence-corrected chi connectivity index (χ3v) is 3.16. The predicted molar refractivity (Wildman–Crippen MR) is 65.5 cm³/mol. The third kappa shape index (κ3) is 1.88. The summed E-state index contributed by atoms with van der Waals surface area (Å²) in [5.74, 6) is 0.741. The molecular weight excluding hydrogens is 212 g/mol. The van der Waals surface area contributed by atoms with Crippen LogP contribution in [0.4, 0.5) is 0 Å². The lowest BCUT2D eigenvalue weighted by molar-refractivity contribution is 0.101. The van der Waals surface area contributed by atoms with E-state index in [2.05, 4.69) is 11.2 Å². The first-order chi connectivity index (χ1) is 8.25. The van der Waals surface area contributed by atoms with Gasteiger partial charge in [-0.1, -0.05) is 12.1 Å². The van der Waals surface area contributed by atoms with Crippen LogP contribution in [-0.2, 0) is 0 Å². The molecule has 1 aliphatic carbocycles. The minimum absolute atomic E-state index is 0.0898. The molecule has 0 saturated heterocycles. The Kier molecular flexibility index (Phi) is 2.32. The highest BCUT2D eigenvalue weighted by Gasteiger charge is 2.27. The first-order valence-electron chi connectivity index (χ1n) is 5.91. The van der Waals surface area contributed by atoms with Gasteiger partial charge in [-0.05, 0) is 38.0 Å². The largest absolute Gasteiger partial charge is 0.295 e. The van der Waals surface area contributed by atoms with Crippen LogP contribution in [-0.4, -0.2) is 15.6 Å². The predicted octanol–water partition coefficient (Wildman–Crippen LogP) is 2.95. The van der Waals surface area contributed by atoms with Crippen molar-refractivity contribution >= 4 is 5.78 Å². The first-order valence-corrected chi connectivity index (χ1v) is 5.91. The highest BCUT2D eigenvalue weighted by Crippen LogP contribution is 2.40. The van der Waals surface area contributed by atoms with Gasteiger partial charge in [0.2, 0.25) is 0 Å². The van der Waals surface area contributed by atoms with E-state index in [-0.39, 0.29) is 5.78 Å². The highest BCUT2D eigenvalue weighted by molar-refractivity contribution is 5.94. The molecule has 0 aliphatic heterocycles. The second-order valence-electron chi connectivity index (χ2n) is 4.55. The maximum atomic E-state index is 11.4. The summed E-state index contributed by atoms with van der Waals surface area (Å²) in [6, 6.07) is 9.71. The average Bonchev–Trinajstić information content (AvgIpc) is 3.07. The number of ketones is 1. The number of hydrogen-bond donors (Lipinski definition) is 0. The maximum absolute atomic E-state index is 11.4. The number of carbonyl (C=O) groups excluding carboxylic acids is 1. The van der Waals surface area contributed by atoms with Gasteiger partial charge < -0.3 is 0 Å². The molecule has 86 valence electrons. The zero-order valence-electron chi connectivity index (χ0n) is 9.76. The molecule has 1 aromatic heterocycles. The Hall–Kier alpha value is -1.90. The van der Waals surface area contributed by atoms with E-state index in [4.69, 9.17) is 0 Å². The van der Waals surface area contributed by atoms with Gasteiger partial charge in [0.1, 0.15) is 0 Å². The number of nitrogens with zero attached hydrogens (tertiary/aromatic N) is 2. The minimum Gasteiger partial charge on any atom is -0.295 e. The van der Waals surface area contributed by atoms with E-state index in [1.54, 1.807) is 6.92 Å². The number of aromatic nitrogens is 2. The number of carbonyl (C=O) groups is 1. The van der Waals surface area contributed by atoms with Crippen LogP contribution in [0, 0.1) is 0 Å². The van der Waals surface area contributed by atoms with Gasteiger partial charge in [0.15, 0.2) is 5.78 Å². The van der Waals surface area contributed by atoms with E-state index >= 15 is 0 Å². The Morgan fingerprint density at radius 1 is 1.35 bits per heavy atom. The third-order valence-electron chi connectivity index (χ3n) is 3.16. The molecule has 3 heteroatoms. The van der Waals surface area contributed by atoms with Crippen LogP contribution in [0.2, 0.25) is 0 Å². The van der Waals surface area contributed by atoms with Gasteiger partial charge in [0.25, 0.3) is 0 Å². The molecule has 3 nitrogen and oxygen atoms in total. The molecule has 0 unspecified atom stereocenters. The van der Waals surface area contributed by atoms with Crippen LogP contribution >= 0.6 is 0 Å². The molecule has 0 amide bonds. The molecule has 0 bridgehead atoms. The summed E-state index contributed by atoms with van der Waals surface area (Å²) in [6.07, 6.45) is 4.32. The Balaban J connectivity index is 2.05. The maximum Gasteiger partial charge on any atom is 0.159 e. The minimum atomic E-state index is 0.0898. The quantitative estimate of drug-likeness (QED) is 0.754.